The maximum Gasteiger partial charge on any atom is 0.270 e. The summed E-state index contributed by atoms with van der Waals surface area (Å²) in [4.78, 5) is 26.8. The Morgan fingerprint density at radius 1 is 1.26 bits per heavy atom. The maximum atomic E-state index is 13.2. The number of hydrogen-bond acceptors (Lipinski definition) is 5. The Bertz CT molecular complexity index is 900. The zero-order valence-corrected chi connectivity index (χ0v) is 17.4. The third-order valence-corrected chi connectivity index (χ3v) is 5.08. The van der Waals surface area contributed by atoms with Gasteiger partial charge in [-0.05, 0) is 37.6 Å². The van der Waals surface area contributed by atoms with Gasteiger partial charge in [-0.2, -0.15) is 9.65 Å². The molecule has 0 unspecified atom stereocenters. The number of aromatic amines is 1. The van der Waals surface area contributed by atoms with E-state index in [1.165, 1.54) is 12.3 Å². The summed E-state index contributed by atoms with van der Waals surface area (Å²) in [6.45, 7) is 4.91. The van der Waals surface area contributed by atoms with Crippen molar-refractivity contribution in [3.05, 3.63) is 48.3 Å². The van der Waals surface area contributed by atoms with Gasteiger partial charge >= 0.3 is 0 Å². The smallest absolute Gasteiger partial charge is 0.270 e. The average Bonchev–Trinajstić information content (AvgIpc) is 3.31. The van der Waals surface area contributed by atoms with Gasteiger partial charge in [0.2, 0.25) is 18.1 Å². The van der Waals surface area contributed by atoms with Crippen molar-refractivity contribution in [3.63, 3.8) is 0 Å². The second-order valence-corrected chi connectivity index (χ2v) is 7.26. The van der Waals surface area contributed by atoms with Gasteiger partial charge in [0, 0.05) is 56.9 Å². The van der Waals surface area contributed by atoms with Gasteiger partial charge in [-0.15, -0.1) is 4.99 Å². The van der Waals surface area contributed by atoms with Gasteiger partial charge in [0.15, 0.2) is 0 Å². The molecule has 2 aromatic heterocycles. The van der Waals surface area contributed by atoms with Crippen LogP contribution in [0.15, 0.2) is 41.7 Å². The molecule has 0 aromatic carbocycles. The van der Waals surface area contributed by atoms with Crippen molar-refractivity contribution < 1.29 is 9.18 Å². The van der Waals surface area contributed by atoms with Crippen LogP contribution in [0.25, 0.3) is 0 Å². The molecule has 2 aromatic rings. The van der Waals surface area contributed by atoms with Crippen molar-refractivity contribution in [2.75, 3.05) is 44.6 Å². The molecule has 1 fully saturated rings. The molecule has 164 valence electrons. The average molecular weight is 427 g/mol. The standard InChI is InChI=1S/C21H27FN8O/c22-19-15-17(6-9-25-19)28-21(27-16-23)26-7-2-1-3-10-29-11-13-30(14-12-29)20(31)18-5-4-8-24-18/h4-6,8-9,15,24H,1-3,7,10-14H2,(H2,25,26,27,28). The van der Waals surface area contributed by atoms with Crippen LogP contribution >= 0.6 is 0 Å². The minimum absolute atomic E-state index is 0.0636. The minimum atomic E-state index is -0.601. The number of amides is 1. The first-order valence-electron chi connectivity index (χ1n) is 10.4. The number of guanidine groups is 1. The Kier molecular flexibility index (Phi) is 8.37. The maximum absolute atomic E-state index is 13.2. The number of H-pyrrole nitrogens is 1. The van der Waals surface area contributed by atoms with Crippen molar-refractivity contribution in [3.8, 4) is 6.19 Å². The molecule has 0 atom stereocenters. The Labute approximate surface area is 181 Å². The van der Waals surface area contributed by atoms with Crippen molar-refractivity contribution in [2.24, 2.45) is 4.99 Å². The summed E-state index contributed by atoms with van der Waals surface area (Å²) in [6, 6.07) is 6.48. The van der Waals surface area contributed by atoms with Gasteiger partial charge in [0.25, 0.3) is 5.91 Å². The zero-order valence-electron chi connectivity index (χ0n) is 17.4. The normalized spacial score (nSPS) is 14.8. The number of aromatic nitrogens is 2. The molecule has 1 saturated heterocycles. The van der Waals surface area contributed by atoms with E-state index in [4.69, 9.17) is 5.26 Å². The van der Waals surface area contributed by atoms with Crippen LogP contribution in [0.4, 0.5) is 10.1 Å². The van der Waals surface area contributed by atoms with Gasteiger partial charge in [-0.3, -0.25) is 9.69 Å². The molecule has 3 N–H and O–H groups in total. The lowest BCUT2D eigenvalue weighted by Gasteiger charge is -2.34. The molecule has 1 amide bonds. The van der Waals surface area contributed by atoms with E-state index in [2.05, 4.69) is 30.5 Å². The summed E-state index contributed by atoms with van der Waals surface area (Å²) < 4.78 is 13.2. The number of nitrogens with zero attached hydrogens (tertiary/aromatic N) is 5. The van der Waals surface area contributed by atoms with Crippen LogP contribution in [0, 0.1) is 17.4 Å². The number of pyridine rings is 1. The number of hydrogen-bond donors (Lipinski definition) is 3. The highest BCUT2D eigenvalue weighted by Crippen LogP contribution is 2.09. The second kappa shape index (κ2) is 11.7. The van der Waals surface area contributed by atoms with Crippen LogP contribution in [0.3, 0.4) is 0 Å². The van der Waals surface area contributed by atoms with E-state index in [-0.39, 0.29) is 11.9 Å². The van der Waals surface area contributed by atoms with Crippen LogP contribution in [0.5, 0.6) is 0 Å². The molecule has 0 radical (unpaired) electrons. The number of halogens is 1. The molecular weight excluding hydrogens is 399 g/mol. The van der Waals surface area contributed by atoms with E-state index in [9.17, 15) is 9.18 Å². The molecule has 0 aliphatic carbocycles. The van der Waals surface area contributed by atoms with Crippen molar-refractivity contribution in [2.45, 2.75) is 19.3 Å². The Balaban J connectivity index is 1.28. The number of aliphatic imine (C=N–C) groups is 1. The molecular formula is C21H27FN8O. The number of carbonyl (C=O) groups excluding carboxylic acids is 1. The van der Waals surface area contributed by atoms with E-state index in [0.717, 1.165) is 52.0 Å². The number of nitrogens with one attached hydrogen (secondary N) is 3. The third kappa shape index (κ3) is 7.08. The zero-order chi connectivity index (χ0) is 21.9. The number of carbonyl (C=O) groups is 1. The van der Waals surface area contributed by atoms with E-state index in [0.29, 0.717) is 17.9 Å². The quantitative estimate of drug-likeness (QED) is 0.196. The van der Waals surface area contributed by atoms with Gasteiger partial charge in [-0.25, -0.2) is 4.98 Å². The highest BCUT2D eigenvalue weighted by Gasteiger charge is 2.22. The molecule has 1 aliphatic rings. The monoisotopic (exact) mass is 426 g/mol. The second-order valence-electron chi connectivity index (χ2n) is 7.26. The van der Waals surface area contributed by atoms with Crippen molar-refractivity contribution >= 4 is 17.6 Å². The van der Waals surface area contributed by atoms with Crippen LogP contribution < -0.4 is 10.6 Å². The minimum Gasteiger partial charge on any atom is -0.357 e. The molecule has 1 aliphatic heterocycles. The molecule has 9 nitrogen and oxygen atoms in total. The van der Waals surface area contributed by atoms with Crippen LogP contribution in [0.1, 0.15) is 29.8 Å². The van der Waals surface area contributed by atoms with Gasteiger partial charge < -0.3 is 20.5 Å². The molecule has 0 bridgehead atoms. The molecule has 0 spiro atoms. The number of anilines is 1. The van der Waals surface area contributed by atoms with Crippen molar-refractivity contribution in [1.82, 2.24) is 25.1 Å². The number of unbranched alkanes of at least 4 members (excludes halogenated alkanes) is 2. The Morgan fingerprint density at radius 2 is 2.10 bits per heavy atom. The van der Waals surface area contributed by atoms with Crippen LogP contribution in [-0.4, -0.2) is 70.9 Å². The fourth-order valence-corrected chi connectivity index (χ4v) is 3.43. The molecule has 10 heteroatoms. The first-order chi connectivity index (χ1) is 15.2. The van der Waals surface area contributed by atoms with Crippen LogP contribution in [-0.2, 0) is 0 Å². The third-order valence-electron chi connectivity index (χ3n) is 5.08. The topological polar surface area (TPSA) is 112 Å². The first-order valence-corrected chi connectivity index (χ1v) is 10.4. The summed E-state index contributed by atoms with van der Waals surface area (Å²) in [5.41, 5.74) is 1.12. The summed E-state index contributed by atoms with van der Waals surface area (Å²) >= 11 is 0. The first kappa shape index (κ1) is 22.2. The molecule has 3 rings (SSSR count). The molecule has 0 saturated carbocycles. The Hall–Kier alpha value is -3.45. The molecule has 31 heavy (non-hydrogen) atoms. The summed E-state index contributed by atoms with van der Waals surface area (Å²) in [7, 11) is 0. The van der Waals surface area contributed by atoms with E-state index in [1.807, 2.05) is 11.0 Å². The van der Waals surface area contributed by atoms with Crippen molar-refractivity contribution in [1.29, 1.82) is 5.26 Å². The van der Waals surface area contributed by atoms with Crippen LogP contribution in [0.2, 0.25) is 0 Å². The van der Waals surface area contributed by atoms with E-state index >= 15 is 0 Å². The summed E-state index contributed by atoms with van der Waals surface area (Å²) in [5.74, 6) is -0.250. The summed E-state index contributed by atoms with van der Waals surface area (Å²) in [5, 5.41) is 14.8. The predicted octanol–water partition coefficient (Wildman–Crippen LogP) is 2.02. The van der Waals surface area contributed by atoms with Gasteiger partial charge in [-0.1, -0.05) is 6.42 Å². The SMILES string of the molecule is N#C/N=C(/NCCCCCN1CCN(C(=O)c2ccc[nH]2)CC1)Nc1ccnc(F)c1. The fourth-order valence-electron chi connectivity index (χ4n) is 3.43. The van der Waals surface area contributed by atoms with E-state index < -0.39 is 5.95 Å². The predicted molar refractivity (Wildman–Crippen MR) is 116 cm³/mol. The highest BCUT2D eigenvalue weighted by molar-refractivity contribution is 5.94. The Morgan fingerprint density at radius 3 is 2.81 bits per heavy atom. The number of piperazine rings is 1. The fraction of sp³-hybridized carbons (Fsp3) is 0.429. The lowest BCUT2D eigenvalue weighted by Crippen LogP contribution is -2.48. The van der Waals surface area contributed by atoms with E-state index in [1.54, 1.807) is 24.5 Å². The van der Waals surface area contributed by atoms with Gasteiger partial charge in [0.05, 0.1) is 0 Å². The lowest BCUT2D eigenvalue weighted by molar-refractivity contribution is 0.0630. The largest absolute Gasteiger partial charge is 0.357 e. The highest BCUT2D eigenvalue weighted by atomic mass is 19.1. The molecule has 3 heterocycles. The summed E-state index contributed by atoms with van der Waals surface area (Å²) in [6.07, 6.45) is 7.85. The lowest BCUT2D eigenvalue weighted by atomic mass is 10.2. The number of nitriles is 1. The van der Waals surface area contributed by atoms with Gasteiger partial charge in [0.1, 0.15) is 5.69 Å². The number of rotatable bonds is 8.